The second-order valence-electron chi connectivity index (χ2n) is 3.79. The van der Waals surface area contributed by atoms with E-state index in [4.69, 9.17) is 5.26 Å². The molecule has 0 N–H and O–H groups in total. The van der Waals surface area contributed by atoms with E-state index < -0.39 is 0 Å². The second kappa shape index (κ2) is 5.03. The zero-order valence-electron chi connectivity index (χ0n) is 9.77. The Labute approximate surface area is 105 Å². The molecule has 0 spiro atoms. The minimum atomic E-state index is 0.671. The first-order valence-electron chi connectivity index (χ1n) is 5.32. The Hall–Kier alpha value is -1.79. The molecule has 0 unspecified atom stereocenters. The minimum absolute atomic E-state index is 0.671. The summed E-state index contributed by atoms with van der Waals surface area (Å²) in [6, 6.07) is 14.1. The zero-order valence-corrected chi connectivity index (χ0v) is 10.6. The third-order valence-electron chi connectivity index (χ3n) is 2.38. The van der Waals surface area contributed by atoms with Crippen molar-refractivity contribution in [3.63, 3.8) is 0 Å². The summed E-state index contributed by atoms with van der Waals surface area (Å²) in [5.74, 6) is 0. The number of benzene rings is 1. The topological polar surface area (TPSA) is 36.7 Å². The highest BCUT2D eigenvalue weighted by Gasteiger charge is 2.09. The quantitative estimate of drug-likeness (QED) is 0.802. The molecule has 0 aliphatic heterocycles. The summed E-state index contributed by atoms with van der Waals surface area (Å²) >= 11 is 1.53. The van der Waals surface area contributed by atoms with Crippen molar-refractivity contribution in [2.24, 2.45) is 0 Å². The molecule has 3 heteroatoms. The van der Waals surface area contributed by atoms with Crippen LogP contribution in [0.5, 0.6) is 0 Å². The molecular weight excluding hydrogens is 228 g/mol. The average molecular weight is 240 g/mol. The van der Waals surface area contributed by atoms with Gasteiger partial charge in [-0.25, -0.2) is 4.98 Å². The number of hydrogen-bond acceptors (Lipinski definition) is 3. The molecule has 0 saturated carbocycles. The molecule has 17 heavy (non-hydrogen) atoms. The highest BCUT2D eigenvalue weighted by molar-refractivity contribution is 7.99. The Morgan fingerprint density at radius 1 is 1.18 bits per heavy atom. The van der Waals surface area contributed by atoms with Crippen molar-refractivity contribution >= 4 is 11.8 Å². The predicted molar refractivity (Wildman–Crippen MR) is 69.0 cm³/mol. The summed E-state index contributed by atoms with van der Waals surface area (Å²) in [6.07, 6.45) is 0. The van der Waals surface area contributed by atoms with Crippen molar-refractivity contribution in [2.75, 3.05) is 0 Å². The third-order valence-corrected chi connectivity index (χ3v) is 3.38. The fraction of sp³-hybridized carbons (Fsp3) is 0.143. The highest BCUT2D eigenvalue weighted by Crippen LogP contribution is 2.30. The molecule has 0 fully saturated rings. The molecule has 0 radical (unpaired) electrons. The maximum Gasteiger partial charge on any atom is 0.119 e. The summed E-state index contributed by atoms with van der Waals surface area (Å²) in [6.45, 7) is 3.89. The Bertz CT molecular complexity index is 571. The number of aryl methyl sites for hydroxylation is 2. The SMILES string of the molecule is Cc1cc(C)c(C#N)c(Sc2ccccc2)n1. The van der Waals surface area contributed by atoms with Crippen LogP contribution < -0.4 is 0 Å². The molecule has 2 aromatic rings. The first kappa shape index (κ1) is 11.7. The van der Waals surface area contributed by atoms with Gasteiger partial charge in [-0.1, -0.05) is 30.0 Å². The summed E-state index contributed by atoms with van der Waals surface area (Å²) < 4.78 is 0. The molecule has 0 aliphatic rings. The lowest BCUT2D eigenvalue weighted by Crippen LogP contribution is -1.93. The molecule has 2 nitrogen and oxygen atoms in total. The van der Waals surface area contributed by atoms with E-state index in [1.807, 2.05) is 50.2 Å². The Kier molecular flexibility index (Phi) is 3.46. The van der Waals surface area contributed by atoms with Gasteiger partial charge in [-0.15, -0.1) is 0 Å². The maximum absolute atomic E-state index is 9.16. The summed E-state index contributed by atoms with van der Waals surface area (Å²) in [5.41, 5.74) is 2.60. The lowest BCUT2D eigenvalue weighted by molar-refractivity contribution is 1.03. The van der Waals surface area contributed by atoms with Crippen molar-refractivity contribution in [3.05, 3.63) is 53.2 Å². The van der Waals surface area contributed by atoms with Crippen LogP contribution >= 0.6 is 11.8 Å². The van der Waals surface area contributed by atoms with Gasteiger partial charge in [-0.05, 0) is 37.6 Å². The third kappa shape index (κ3) is 2.66. The van der Waals surface area contributed by atoms with E-state index in [0.29, 0.717) is 5.56 Å². The molecule has 1 aromatic carbocycles. The standard InChI is InChI=1S/C14H12N2S/c1-10-8-11(2)16-14(13(10)9-15)17-12-6-4-3-5-7-12/h3-8H,1-2H3. The Morgan fingerprint density at radius 2 is 1.88 bits per heavy atom. The van der Waals surface area contributed by atoms with Crippen LogP contribution in [-0.4, -0.2) is 4.98 Å². The van der Waals surface area contributed by atoms with Gasteiger partial charge in [-0.3, -0.25) is 0 Å². The van der Waals surface area contributed by atoms with Gasteiger partial charge in [0.05, 0.1) is 5.56 Å². The molecule has 1 aromatic heterocycles. The maximum atomic E-state index is 9.16. The smallest absolute Gasteiger partial charge is 0.119 e. The first-order valence-corrected chi connectivity index (χ1v) is 6.13. The number of hydrogen-bond donors (Lipinski definition) is 0. The van der Waals surface area contributed by atoms with E-state index in [1.165, 1.54) is 11.8 Å². The normalized spacial score (nSPS) is 9.94. The molecule has 84 valence electrons. The Balaban J connectivity index is 2.43. The van der Waals surface area contributed by atoms with Crippen LogP contribution in [0, 0.1) is 25.2 Å². The van der Waals surface area contributed by atoms with Crippen molar-refractivity contribution in [2.45, 2.75) is 23.8 Å². The van der Waals surface area contributed by atoms with Crippen molar-refractivity contribution < 1.29 is 0 Å². The molecule has 2 rings (SSSR count). The van der Waals surface area contributed by atoms with Crippen LogP contribution in [0.3, 0.4) is 0 Å². The molecule has 0 atom stereocenters. The van der Waals surface area contributed by atoms with Crippen LogP contribution in [-0.2, 0) is 0 Å². The number of aromatic nitrogens is 1. The fourth-order valence-electron chi connectivity index (χ4n) is 1.61. The van der Waals surface area contributed by atoms with Gasteiger partial charge in [0.1, 0.15) is 11.1 Å². The lowest BCUT2D eigenvalue weighted by atomic mass is 10.1. The van der Waals surface area contributed by atoms with Crippen molar-refractivity contribution in [1.29, 1.82) is 5.26 Å². The lowest BCUT2D eigenvalue weighted by Gasteiger charge is -2.06. The van der Waals surface area contributed by atoms with Crippen LogP contribution in [0.2, 0.25) is 0 Å². The van der Waals surface area contributed by atoms with Gasteiger partial charge in [0, 0.05) is 10.6 Å². The molecule has 0 bridgehead atoms. The van der Waals surface area contributed by atoms with E-state index in [-0.39, 0.29) is 0 Å². The zero-order chi connectivity index (χ0) is 12.3. The van der Waals surface area contributed by atoms with Crippen LogP contribution in [0.4, 0.5) is 0 Å². The number of rotatable bonds is 2. The van der Waals surface area contributed by atoms with Gasteiger partial charge in [0.25, 0.3) is 0 Å². The number of pyridine rings is 1. The van der Waals surface area contributed by atoms with E-state index >= 15 is 0 Å². The van der Waals surface area contributed by atoms with Crippen molar-refractivity contribution in [3.8, 4) is 6.07 Å². The molecule has 0 aliphatic carbocycles. The van der Waals surface area contributed by atoms with E-state index in [0.717, 1.165) is 21.2 Å². The van der Waals surface area contributed by atoms with Gasteiger partial charge in [0.2, 0.25) is 0 Å². The fourth-order valence-corrected chi connectivity index (χ4v) is 2.63. The van der Waals surface area contributed by atoms with Gasteiger partial charge >= 0.3 is 0 Å². The van der Waals surface area contributed by atoms with E-state index in [1.54, 1.807) is 0 Å². The second-order valence-corrected chi connectivity index (χ2v) is 4.85. The van der Waals surface area contributed by atoms with Gasteiger partial charge in [0.15, 0.2) is 0 Å². The highest BCUT2D eigenvalue weighted by atomic mass is 32.2. The summed E-state index contributed by atoms with van der Waals surface area (Å²) in [5, 5.41) is 9.95. The average Bonchev–Trinajstić information content (AvgIpc) is 2.30. The Morgan fingerprint density at radius 3 is 2.53 bits per heavy atom. The van der Waals surface area contributed by atoms with Gasteiger partial charge < -0.3 is 0 Å². The molecule has 0 amide bonds. The number of nitriles is 1. The monoisotopic (exact) mass is 240 g/mol. The van der Waals surface area contributed by atoms with Crippen LogP contribution in [0.15, 0.2) is 46.3 Å². The molecule has 0 saturated heterocycles. The predicted octanol–water partition coefficient (Wildman–Crippen LogP) is 3.72. The number of nitrogens with zero attached hydrogens (tertiary/aromatic N) is 2. The van der Waals surface area contributed by atoms with Gasteiger partial charge in [-0.2, -0.15) is 5.26 Å². The first-order chi connectivity index (χ1) is 8.20. The largest absolute Gasteiger partial charge is 0.245 e. The summed E-state index contributed by atoms with van der Waals surface area (Å²) in [4.78, 5) is 5.54. The van der Waals surface area contributed by atoms with Crippen LogP contribution in [0.25, 0.3) is 0 Å². The van der Waals surface area contributed by atoms with Crippen LogP contribution in [0.1, 0.15) is 16.8 Å². The van der Waals surface area contributed by atoms with Crippen molar-refractivity contribution in [1.82, 2.24) is 4.98 Å². The minimum Gasteiger partial charge on any atom is -0.245 e. The summed E-state index contributed by atoms with van der Waals surface area (Å²) in [7, 11) is 0. The van der Waals surface area contributed by atoms with E-state index in [2.05, 4.69) is 11.1 Å². The van der Waals surface area contributed by atoms with E-state index in [9.17, 15) is 0 Å². The molecule has 1 heterocycles. The molecular formula is C14H12N2S.